The Bertz CT molecular complexity index is 1390. The Hall–Kier alpha value is -3.55. The van der Waals surface area contributed by atoms with Gasteiger partial charge in [0.15, 0.2) is 0 Å². The number of hydrogen-bond acceptors (Lipinski definition) is 8. The summed E-state index contributed by atoms with van der Waals surface area (Å²) in [5, 5.41) is 13.6. The number of hydrogen-bond donors (Lipinski definition) is 1. The normalized spacial score (nSPS) is 15.2. The summed E-state index contributed by atoms with van der Waals surface area (Å²) in [7, 11) is -3.72. The maximum Gasteiger partial charge on any atom is 0.258 e. The first-order chi connectivity index (χ1) is 16.2. The Labute approximate surface area is 197 Å². The second kappa shape index (κ2) is 9.37. The summed E-state index contributed by atoms with van der Waals surface area (Å²) in [5.74, 6) is 0.164. The van der Waals surface area contributed by atoms with Crippen LogP contribution in [0.3, 0.4) is 0 Å². The molecule has 176 valence electrons. The van der Waals surface area contributed by atoms with Gasteiger partial charge in [0.1, 0.15) is 23.4 Å². The molecule has 1 aliphatic carbocycles. The average molecular weight is 481 g/mol. The standard InChI is InChI=1S/C24H24N4O5S/c1-14(2)32-22-10-7-16(11-17(22)12-25)24-26-23(27-33-24)20-6-4-5-19-18(20)8-9-21(19)28-34(30,31)13-15(3)29/h4-7,10-11,14,21,28H,8-9,13H2,1-3H3/t21-/m1/s1. The molecule has 1 atom stereocenters. The van der Waals surface area contributed by atoms with Gasteiger partial charge in [-0.2, -0.15) is 10.2 Å². The fourth-order valence-corrected chi connectivity index (χ4v) is 5.37. The minimum Gasteiger partial charge on any atom is -0.490 e. The van der Waals surface area contributed by atoms with Gasteiger partial charge in [0.05, 0.1) is 11.7 Å². The summed E-state index contributed by atoms with van der Waals surface area (Å²) in [5.41, 5.74) is 3.48. The summed E-state index contributed by atoms with van der Waals surface area (Å²) in [4.78, 5) is 15.8. The molecule has 0 bridgehead atoms. The van der Waals surface area contributed by atoms with E-state index in [1.54, 1.807) is 18.2 Å². The highest BCUT2D eigenvalue weighted by atomic mass is 32.2. The monoisotopic (exact) mass is 480 g/mol. The minimum absolute atomic E-state index is 0.0658. The molecule has 10 heteroatoms. The van der Waals surface area contributed by atoms with Crippen LogP contribution in [0.25, 0.3) is 22.8 Å². The van der Waals surface area contributed by atoms with Crippen molar-refractivity contribution in [1.29, 1.82) is 5.26 Å². The van der Waals surface area contributed by atoms with E-state index in [1.807, 2.05) is 32.0 Å². The predicted molar refractivity (Wildman–Crippen MR) is 124 cm³/mol. The number of fused-ring (bicyclic) bond motifs is 1. The number of nitrogens with one attached hydrogen (secondary N) is 1. The van der Waals surface area contributed by atoms with Crippen LogP contribution in [0.4, 0.5) is 0 Å². The lowest BCUT2D eigenvalue weighted by Gasteiger charge is -2.14. The molecule has 9 nitrogen and oxygen atoms in total. The fraction of sp³-hybridized carbons (Fsp3) is 0.333. The fourth-order valence-electron chi connectivity index (χ4n) is 4.07. The second-order valence-electron chi connectivity index (χ2n) is 8.46. The van der Waals surface area contributed by atoms with Gasteiger partial charge in [0.25, 0.3) is 5.89 Å². The largest absolute Gasteiger partial charge is 0.490 e. The molecule has 0 aliphatic heterocycles. The molecule has 1 aliphatic rings. The van der Waals surface area contributed by atoms with Gasteiger partial charge in [-0.1, -0.05) is 23.4 Å². The quantitative estimate of drug-likeness (QED) is 0.517. The van der Waals surface area contributed by atoms with E-state index in [0.29, 0.717) is 35.5 Å². The third-order valence-electron chi connectivity index (χ3n) is 5.36. The van der Waals surface area contributed by atoms with E-state index < -0.39 is 27.6 Å². The molecule has 4 rings (SSSR count). The van der Waals surface area contributed by atoms with Crippen molar-refractivity contribution in [2.24, 2.45) is 0 Å². The van der Waals surface area contributed by atoms with Crippen LogP contribution in [-0.2, 0) is 21.2 Å². The highest BCUT2D eigenvalue weighted by Crippen LogP contribution is 2.38. The lowest BCUT2D eigenvalue weighted by Crippen LogP contribution is -2.31. The van der Waals surface area contributed by atoms with Gasteiger partial charge >= 0.3 is 0 Å². The number of sulfonamides is 1. The number of carbonyl (C=O) groups is 1. The van der Waals surface area contributed by atoms with Crippen molar-refractivity contribution >= 4 is 15.8 Å². The molecule has 0 fully saturated rings. The number of aromatic nitrogens is 2. The van der Waals surface area contributed by atoms with E-state index in [0.717, 1.165) is 16.7 Å². The summed E-state index contributed by atoms with van der Waals surface area (Å²) in [6, 6.07) is 12.3. The molecule has 0 amide bonds. The smallest absolute Gasteiger partial charge is 0.258 e. The third-order valence-corrected chi connectivity index (χ3v) is 6.79. The third kappa shape index (κ3) is 5.00. The van der Waals surface area contributed by atoms with Crippen molar-refractivity contribution in [1.82, 2.24) is 14.9 Å². The lowest BCUT2D eigenvalue weighted by atomic mass is 10.0. The number of Topliss-reactive ketones (excluding diaryl/α,β-unsaturated/α-hetero) is 1. The molecule has 0 radical (unpaired) electrons. The zero-order valence-electron chi connectivity index (χ0n) is 19.0. The molecule has 34 heavy (non-hydrogen) atoms. The van der Waals surface area contributed by atoms with Crippen molar-refractivity contribution in [3.63, 3.8) is 0 Å². The molecular formula is C24H24N4O5S. The molecular weight excluding hydrogens is 456 g/mol. The highest BCUT2D eigenvalue weighted by Gasteiger charge is 2.30. The molecule has 1 N–H and O–H groups in total. The molecule has 3 aromatic rings. The van der Waals surface area contributed by atoms with Gasteiger partial charge in [0, 0.05) is 17.2 Å². The van der Waals surface area contributed by atoms with E-state index in [-0.39, 0.29) is 12.0 Å². The SMILES string of the molecule is CC(=O)CS(=O)(=O)N[C@@H]1CCc2c(-c3noc(-c4ccc(OC(C)C)c(C#N)c4)n3)cccc21. The number of nitriles is 1. The van der Waals surface area contributed by atoms with Gasteiger partial charge in [-0.25, -0.2) is 13.1 Å². The van der Waals surface area contributed by atoms with E-state index in [2.05, 4.69) is 20.9 Å². The predicted octanol–water partition coefficient (Wildman–Crippen LogP) is 3.56. The lowest BCUT2D eigenvalue weighted by molar-refractivity contribution is -0.114. The van der Waals surface area contributed by atoms with Gasteiger partial charge < -0.3 is 9.26 Å². The van der Waals surface area contributed by atoms with E-state index in [9.17, 15) is 18.5 Å². The number of benzene rings is 2. The number of ether oxygens (including phenoxy) is 1. The maximum atomic E-state index is 12.3. The van der Waals surface area contributed by atoms with E-state index in [4.69, 9.17) is 9.26 Å². The highest BCUT2D eigenvalue weighted by molar-refractivity contribution is 7.90. The average Bonchev–Trinajstić information content (AvgIpc) is 3.40. The summed E-state index contributed by atoms with van der Waals surface area (Å²) in [6.45, 7) is 5.02. The van der Waals surface area contributed by atoms with Crippen LogP contribution in [-0.4, -0.2) is 36.2 Å². The Morgan fingerprint density at radius 3 is 2.82 bits per heavy atom. The summed E-state index contributed by atoms with van der Waals surface area (Å²) >= 11 is 0. The first kappa shape index (κ1) is 23.6. The first-order valence-corrected chi connectivity index (χ1v) is 12.5. The zero-order chi connectivity index (χ0) is 24.5. The van der Waals surface area contributed by atoms with Gasteiger partial charge in [-0.05, 0) is 62.9 Å². The first-order valence-electron chi connectivity index (χ1n) is 10.8. The maximum absolute atomic E-state index is 12.3. The second-order valence-corrected chi connectivity index (χ2v) is 10.2. The van der Waals surface area contributed by atoms with Crippen LogP contribution in [0.2, 0.25) is 0 Å². The van der Waals surface area contributed by atoms with E-state index in [1.165, 1.54) is 6.92 Å². The minimum atomic E-state index is -3.72. The van der Waals surface area contributed by atoms with Crippen LogP contribution >= 0.6 is 0 Å². The molecule has 1 aromatic heterocycles. The Morgan fingerprint density at radius 1 is 1.32 bits per heavy atom. The van der Waals surface area contributed by atoms with Crippen molar-refractivity contribution in [3.8, 4) is 34.7 Å². The van der Waals surface area contributed by atoms with Crippen molar-refractivity contribution in [2.75, 3.05) is 5.75 Å². The summed E-state index contributed by atoms with van der Waals surface area (Å²) < 4.78 is 38.3. The Kier molecular flexibility index (Phi) is 6.50. The Morgan fingerprint density at radius 2 is 2.12 bits per heavy atom. The molecule has 0 saturated carbocycles. The van der Waals surface area contributed by atoms with Crippen LogP contribution in [0, 0.1) is 11.3 Å². The number of rotatable bonds is 8. The number of carbonyl (C=O) groups excluding carboxylic acids is 1. The van der Waals surface area contributed by atoms with Crippen LogP contribution in [0.5, 0.6) is 5.75 Å². The Balaban J connectivity index is 1.62. The topological polar surface area (TPSA) is 135 Å². The zero-order valence-corrected chi connectivity index (χ0v) is 19.8. The van der Waals surface area contributed by atoms with Crippen LogP contribution < -0.4 is 9.46 Å². The molecule has 2 aromatic carbocycles. The van der Waals surface area contributed by atoms with Gasteiger partial charge in [0.2, 0.25) is 15.8 Å². The van der Waals surface area contributed by atoms with Crippen molar-refractivity contribution < 1.29 is 22.5 Å². The van der Waals surface area contributed by atoms with E-state index >= 15 is 0 Å². The number of ketones is 1. The van der Waals surface area contributed by atoms with Gasteiger partial charge in [-0.15, -0.1) is 0 Å². The molecule has 0 saturated heterocycles. The van der Waals surface area contributed by atoms with Crippen LogP contribution in [0.15, 0.2) is 40.9 Å². The molecule has 1 heterocycles. The molecule has 0 spiro atoms. The van der Waals surface area contributed by atoms with Crippen LogP contribution in [0.1, 0.15) is 49.9 Å². The number of nitrogens with zero attached hydrogens (tertiary/aromatic N) is 3. The van der Waals surface area contributed by atoms with Gasteiger partial charge in [-0.3, -0.25) is 4.79 Å². The molecule has 0 unspecified atom stereocenters. The summed E-state index contributed by atoms with van der Waals surface area (Å²) in [6.07, 6.45) is 1.13. The van der Waals surface area contributed by atoms with Crippen molar-refractivity contribution in [3.05, 3.63) is 53.1 Å². The van der Waals surface area contributed by atoms with Crippen molar-refractivity contribution in [2.45, 2.75) is 45.8 Å².